The molecular formula is C11H7ClO3. The average molecular weight is 223 g/mol. The number of hydrogen-bond acceptors (Lipinski definition) is 3. The van der Waals surface area contributed by atoms with E-state index in [0.29, 0.717) is 5.56 Å². The fraction of sp³-hybridized carbons (Fsp3) is 0.0909. The lowest BCUT2D eigenvalue weighted by Gasteiger charge is -1.99. The van der Waals surface area contributed by atoms with E-state index in [2.05, 4.69) is 4.74 Å². The Hall–Kier alpha value is -1.61. The third kappa shape index (κ3) is 1.66. The normalized spacial score (nSPS) is 15.9. The van der Waals surface area contributed by atoms with Crippen molar-refractivity contribution in [2.75, 3.05) is 0 Å². The zero-order chi connectivity index (χ0) is 11.0. The largest absolute Gasteiger partial charge is 0.385 e. The maximum atomic E-state index is 11.3. The average Bonchev–Trinajstić information content (AvgIpc) is 2.44. The number of aryl methyl sites for hydroxylation is 1. The van der Waals surface area contributed by atoms with Crippen LogP contribution in [-0.4, -0.2) is 11.9 Å². The second-order valence-corrected chi connectivity index (χ2v) is 3.61. The third-order valence-electron chi connectivity index (χ3n) is 2.13. The Balaban J connectivity index is 2.51. The third-order valence-corrected chi connectivity index (χ3v) is 2.47. The molecule has 1 aliphatic heterocycles. The predicted molar refractivity (Wildman–Crippen MR) is 55.1 cm³/mol. The molecule has 0 saturated carbocycles. The van der Waals surface area contributed by atoms with Crippen LogP contribution >= 0.6 is 11.6 Å². The Kier molecular flexibility index (Phi) is 2.32. The molecule has 1 heterocycles. The summed E-state index contributed by atoms with van der Waals surface area (Å²) in [5.74, 6) is -1.47. The Bertz CT molecular complexity index is 471. The first-order valence-corrected chi connectivity index (χ1v) is 4.70. The Morgan fingerprint density at radius 3 is 2.13 bits per heavy atom. The fourth-order valence-corrected chi connectivity index (χ4v) is 1.56. The summed E-state index contributed by atoms with van der Waals surface area (Å²) in [6.07, 6.45) is 0. The number of cyclic esters (lactones) is 2. The van der Waals surface area contributed by atoms with Gasteiger partial charge in [0, 0.05) is 0 Å². The van der Waals surface area contributed by atoms with Gasteiger partial charge in [0.15, 0.2) is 0 Å². The first-order chi connectivity index (χ1) is 7.09. The van der Waals surface area contributed by atoms with Gasteiger partial charge in [0.1, 0.15) is 5.03 Å². The van der Waals surface area contributed by atoms with E-state index < -0.39 is 11.9 Å². The number of hydrogen-bond donors (Lipinski definition) is 0. The molecule has 1 aliphatic rings. The summed E-state index contributed by atoms with van der Waals surface area (Å²) in [5.41, 5.74) is 1.80. The quantitative estimate of drug-likeness (QED) is 0.539. The minimum absolute atomic E-state index is 0.140. The van der Waals surface area contributed by atoms with Crippen LogP contribution in [0.5, 0.6) is 0 Å². The van der Waals surface area contributed by atoms with E-state index in [1.807, 2.05) is 19.1 Å². The van der Waals surface area contributed by atoms with Crippen molar-refractivity contribution >= 4 is 29.1 Å². The van der Waals surface area contributed by atoms with Gasteiger partial charge in [-0.3, -0.25) is 0 Å². The highest BCUT2D eigenvalue weighted by Gasteiger charge is 2.32. The summed E-state index contributed by atoms with van der Waals surface area (Å²) in [7, 11) is 0. The van der Waals surface area contributed by atoms with Crippen LogP contribution in [0.25, 0.3) is 5.57 Å². The molecule has 0 saturated heterocycles. The van der Waals surface area contributed by atoms with Crippen LogP contribution in [0.1, 0.15) is 11.1 Å². The fourth-order valence-electron chi connectivity index (χ4n) is 1.34. The number of benzene rings is 1. The van der Waals surface area contributed by atoms with Crippen molar-refractivity contribution in [2.45, 2.75) is 6.92 Å². The summed E-state index contributed by atoms with van der Waals surface area (Å²) >= 11 is 5.68. The van der Waals surface area contributed by atoms with Crippen LogP contribution in [0.2, 0.25) is 0 Å². The lowest BCUT2D eigenvalue weighted by molar-refractivity contribution is -0.149. The van der Waals surface area contributed by atoms with Gasteiger partial charge in [-0.15, -0.1) is 0 Å². The molecule has 0 bridgehead atoms. The first-order valence-electron chi connectivity index (χ1n) is 4.33. The molecule has 0 atom stereocenters. The molecule has 76 valence electrons. The molecular weight excluding hydrogens is 216 g/mol. The molecule has 3 nitrogen and oxygen atoms in total. The molecule has 0 aliphatic carbocycles. The van der Waals surface area contributed by atoms with Gasteiger partial charge in [0.25, 0.3) is 0 Å². The minimum Gasteiger partial charge on any atom is -0.385 e. The van der Waals surface area contributed by atoms with Gasteiger partial charge in [-0.2, -0.15) is 0 Å². The summed E-state index contributed by atoms with van der Waals surface area (Å²) in [5, 5.41) is -0.149. The van der Waals surface area contributed by atoms with Crippen molar-refractivity contribution in [1.82, 2.24) is 0 Å². The van der Waals surface area contributed by atoms with Crippen molar-refractivity contribution in [3.63, 3.8) is 0 Å². The van der Waals surface area contributed by atoms with Crippen LogP contribution < -0.4 is 0 Å². The molecule has 2 rings (SSSR count). The number of esters is 2. The number of rotatable bonds is 1. The summed E-state index contributed by atoms with van der Waals surface area (Å²) in [6.45, 7) is 1.93. The van der Waals surface area contributed by atoms with Gasteiger partial charge < -0.3 is 4.74 Å². The highest BCUT2D eigenvalue weighted by atomic mass is 35.5. The first kappa shape index (κ1) is 9.93. The van der Waals surface area contributed by atoms with Crippen LogP contribution in [0.15, 0.2) is 29.3 Å². The van der Waals surface area contributed by atoms with E-state index in [4.69, 9.17) is 11.6 Å². The molecule has 4 heteroatoms. The Morgan fingerprint density at radius 2 is 1.67 bits per heavy atom. The molecule has 0 spiro atoms. The lowest BCUT2D eigenvalue weighted by atomic mass is 10.1. The second kappa shape index (κ2) is 3.51. The molecule has 0 amide bonds. The van der Waals surface area contributed by atoms with E-state index in [0.717, 1.165) is 5.56 Å². The van der Waals surface area contributed by atoms with E-state index in [1.54, 1.807) is 12.1 Å². The SMILES string of the molecule is Cc1ccc(C2=C(Cl)C(=O)OC2=O)cc1. The molecule has 0 fully saturated rings. The maximum absolute atomic E-state index is 11.3. The minimum atomic E-state index is -0.780. The maximum Gasteiger partial charge on any atom is 0.358 e. The van der Waals surface area contributed by atoms with Gasteiger partial charge in [-0.05, 0) is 12.5 Å². The zero-order valence-corrected chi connectivity index (χ0v) is 8.67. The van der Waals surface area contributed by atoms with Gasteiger partial charge in [0.2, 0.25) is 0 Å². The number of carbonyl (C=O) groups excluding carboxylic acids is 2. The molecule has 0 radical (unpaired) electrons. The summed E-state index contributed by atoms with van der Waals surface area (Å²) < 4.78 is 4.39. The second-order valence-electron chi connectivity index (χ2n) is 3.23. The van der Waals surface area contributed by atoms with Gasteiger partial charge >= 0.3 is 11.9 Å². The molecule has 1 aromatic rings. The summed E-state index contributed by atoms with van der Waals surface area (Å²) in [6, 6.07) is 7.13. The van der Waals surface area contributed by atoms with Crippen molar-refractivity contribution in [2.24, 2.45) is 0 Å². The zero-order valence-electron chi connectivity index (χ0n) is 7.91. The molecule has 0 unspecified atom stereocenters. The van der Waals surface area contributed by atoms with Gasteiger partial charge in [-0.25, -0.2) is 9.59 Å². The van der Waals surface area contributed by atoms with Crippen molar-refractivity contribution in [3.8, 4) is 0 Å². The highest BCUT2D eigenvalue weighted by molar-refractivity contribution is 6.52. The Morgan fingerprint density at radius 1 is 1.07 bits per heavy atom. The molecule has 0 aromatic heterocycles. The topological polar surface area (TPSA) is 43.4 Å². The lowest BCUT2D eigenvalue weighted by Crippen LogP contribution is -2.01. The standard InChI is InChI=1S/C11H7ClO3/c1-6-2-4-7(5-3-6)8-9(12)11(14)15-10(8)13/h2-5H,1H3. The smallest absolute Gasteiger partial charge is 0.358 e. The van der Waals surface area contributed by atoms with Crippen LogP contribution in [0.4, 0.5) is 0 Å². The van der Waals surface area contributed by atoms with Crippen LogP contribution in [0, 0.1) is 6.92 Å². The molecule has 15 heavy (non-hydrogen) atoms. The van der Waals surface area contributed by atoms with Gasteiger partial charge in [0.05, 0.1) is 5.57 Å². The highest BCUT2D eigenvalue weighted by Crippen LogP contribution is 2.29. The van der Waals surface area contributed by atoms with E-state index in [9.17, 15) is 9.59 Å². The molecule has 1 aromatic carbocycles. The van der Waals surface area contributed by atoms with Crippen LogP contribution in [-0.2, 0) is 14.3 Å². The number of carbonyl (C=O) groups is 2. The van der Waals surface area contributed by atoms with Crippen LogP contribution in [0.3, 0.4) is 0 Å². The van der Waals surface area contributed by atoms with Crippen molar-refractivity contribution in [3.05, 3.63) is 40.4 Å². The Labute approximate surface area is 91.3 Å². The van der Waals surface area contributed by atoms with Crippen molar-refractivity contribution in [1.29, 1.82) is 0 Å². The monoisotopic (exact) mass is 222 g/mol. The predicted octanol–water partition coefficient (Wildman–Crippen LogP) is 2.03. The number of halogens is 1. The van der Waals surface area contributed by atoms with E-state index in [1.165, 1.54) is 0 Å². The van der Waals surface area contributed by atoms with E-state index >= 15 is 0 Å². The summed E-state index contributed by atoms with van der Waals surface area (Å²) in [4.78, 5) is 22.3. The van der Waals surface area contributed by atoms with Gasteiger partial charge in [-0.1, -0.05) is 41.4 Å². The molecule has 0 N–H and O–H groups in total. The van der Waals surface area contributed by atoms with E-state index in [-0.39, 0.29) is 10.6 Å². The van der Waals surface area contributed by atoms with Crippen molar-refractivity contribution < 1.29 is 14.3 Å². The number of ether oxygens (including phenoxy) is 1.